The van der Waals surface area contributed by atoms with E-state index in [0.29, 0.717) is 26.0 Å². The van der Waals surface area contributed by atoms with Gasteiger partial charge in [0.15, 0.2) is 23.3 Å². The molecular formula is C14H18F5NO. The van der Waals surface area contributed by atoms with E-state index in [-0.39, 0.29) is 6.42 Å². The summed E-state index contributed by atoms with van der Waals surface area (Å²) in [4.78, 5) is 0. The standard InChI is InChI=1S/C14H18F5NO/c1-3-6-20-8(5-4-7-21-2)9-10(15)12(17)14(19)13(18)11(9)16/h8,20H,3-7H2,1-2H3. The van der Waals surface area contributed by atoms with Crippen molar-refractivity contribution in [3.8, 4) is 0 Å². The van der Waals surface area contributed by atoms with E-state index in [9.17, 15) is 22.0 Å². The lowest BCUT2D eigenvalue weighted by Gasteiger charge is -2.21. The van der Waals surface area contributed by atoms with E-state index in [4.69, 9.17) is 4.74 Å². The van der Waals surface area contributed by atoms with Gasteiger partial charge in [-0.05, 0) is 25.8 Å². The summed E-state index contributed by atoms with van der Waals surface area (Å²) < 4.78 is 72.0. The summed E-state index contributed by atoms with van der Waals surface area (Å²) in [6.45, 7) is 2.56. The molecule has 2 nitrogen and oxygen atoms in total. The monoisotopic (exact) mass is 311 g/mol. The van der Waals surface area contributed by atoms with E-state index in [1.54, 1.807) is 0 Å². The third-order valence-corrected chi connectivity index (χ3v) is 3.07. The lowest BCUT2D eigenvalue weighted by Crippen LogP contribution is -2.26. The van der Waals surface area contributed by atoms with Gasteiger partial charge in [-0.2, -0.15) is 0 Å². The summed E-state index contributed by atoms with van der Waals surface area (Å²) in [5.74, 6) is -9.53. The molecule has 1 aromatic carbocycles. The number of nitrogens with one attached hydrogen (secondary N) is 1. The molecule has 0 saturated carbocycles. The molecule has 0 fully saturated rings. The minimum atomic E-state index is -2.14. The molecule has 1 unspecified atom stereocenters. The van der Waals surface area contributed by atoms with E-state index in [0.717, 1.165) is 0 Å². The quantitative estimate of drug-likeness (QED) is 0.341. The van der Waals surface area contributed by atoms with Crippen LogP contribution in [0.3, 0.4) is 0 Å². The maximum absolute atomic E-state index is 13.8. The molecule has 7 heteroatoms. The number of ether oxygens (including phenoxy) is 1. The first kappa shape index (κ1) is 17.8. The Bertz CT molecular complexity index is 452. The Morgan fingerprint density at radius 3 is 1.95 bits per heavy atom. The third kappa shape index (κ3) is 4.14. The largest absolute Gasteiger partial charge is 0.385 e. The second-order valence-corrected chi connectivity index (χ2v) is 4.63. The highest BCUT2D eigenvalue weighted by molar-refractivity contribution is 5.27. The zero-order valence-electron chi connectivity index (χ0n) is 11.9. The van der Waals surface area contributed by atoms with E-state index in [1.165, 1.54) is 7.11 Å². The van der Waals surface area contributed by atoms with Gasteiger partial charge in [0.05, 0.1) is 0 Å². The molecule has 0 bridgehead atoms. The van der Waals surface area contributed by atoms with E-state index < -0.39 is 40.7 Å². The normalized spacial score (nSPS) is 12.7. The first-order valence-electron chi connectivity index (χ1n) is 6.69. The molecule has 21 heavy (non-hydrogen) atoms. The molecular weight excluding hydrogens is 293 g/mol. The number of methoxy groups -OCH3 is 1. The van der Waals surface area contributed by atoms with Gasteiger partial charge < -0.3 is 10.1 Å². The predicted molar refractivity (Wildman–Crippen MR) is 68.4 cm³/mol. The van der Waals surface area contributed by atoms with Gasteiger partial charge in [-0.3, -0.25) is 0 Å². The highest BCUT2D eigenvalue weighted by Crippen LogP contribution is 2.30. The van der Waals surface area contributed by atoms with Gasteiger partial charge in [-0.15, -0.1) is 0 Å². The minimum absolute atomic E-state index is 0.201. The molecule has 1 aromatic rings. The smallest absolute Gasteiger partial charge is 0.200 e. The third-order valence-electron chi connectivity index (χ3n) is 3.07. The number of hydrogen-bond donors (Lipinski definition) is 1. The fourth-order valence-electron chi connectivity index (χ4n) is 2.03. The summed E-state index contributed by atoms with van der Waals surface area (Å²) in [6, 6.07) is -0.954. The van der Waals surface area contributed by atoms with Gasteiger partial charge in [0.25, 0.3) is 0 Å². The van der Waals surface area contributed by atoms with Gasteiger partial charge in [0.2, 0.25) is 5.82 Å². The van der Waals surface area contributed by atoms with E-state index in [1.807, 2.05) is 6.92 Å². The summed E-state index contributed by atoms with van der Waals surface area (Å²) in [5, 5.41) is 2.81. The van der Waals surface area contributed by atoms with Gasteiger partial charge in [-0.25, -0.2) is 22.0 Å². The van der Waals surface area contributed by atoms with Gasteiger partial charge in [-0.1, -0.05) is 6.92 Å². The molecule has 1 N–H and O–H groups in total. The number of rotatable bonds is 8. The van der Waals surface area contributed by atoms with Crippen molar-refractivity contribution in [2.75, 3.05) is 20.3 Å². The summed E-state index contributed by atoms with van der Waals surface area (Å²) >= 11 is 0. The molecule has 0 amide bonds. The molecule has 0 heterocycles. The highest BCUT2D eigenvalue weighted by Gasteiger charge is 2.29. The van der Waals surface area contributed by atoms with Crippen LogP contribution < -0.4 is 5.32 Å². The molecule has 120 valence electrons. The number of benzene rings is 1. The fraction of sp³-hybridized carbons (Fsp3) is 0.571. The lowest BCUT2D eigenvalue weighted by molar-refractivity contribution is 0.188. The second-order valence-electron chi connectivity index (χ2n) is 4.63. The van der Waals surface area contributed by atoms with Crippen LogP contribution in [-0.4, -0.2) is 20.3 Å². The second kappa shape index (κ2) is 8.29. The van der Waals surface area contributed by atoms with Crippen molar-refractivity contribution in [3.05, 3.63) is 34.6 Å². The fourth-order valence-corrected chi connectivity index (χ4v) is 2.03. The Kier molecular flexibility index (Phi) is 7.04. The van der Waals surface area contributed by atoms with Gasteiger partial charge in [0.1, 0.15) is 0 Å². The van der Waals surface area contributed by atoms with Crippen molar-refractivity contribution in [3.63, 3.8) is 0 Å². The van der Waals surface area contributed by atoms with Crippen LogP contribution in [0.1, 0.15) is 37.8 Å². The van der Waals surface area contributed by atoms with E-state index >= 15 is 0 Å². The van der Waals surface area contributed by atoms with Crippen molar-refractivity contribution >= 4 is 0 Å². The Balaban J connectivity index is 3.16. The molecule has 1 rings (SSSR count). The lowest BCUT2D eigenvalue weighted by atomic mass is 9.99. The zero-order chi connectivity index (χ0) is 16.0. The van der Waals surface area contributed by atoms with Crippen LogP contribution in [0, 0.1) is 29.1 Å². The molecule has 0 spiro atoms. The number of halogens is 5. The van der Waals surface area contributed by atoms with Crippen LogP contribution in [0.15, 0.2) is 0 Å². The van der Waals surface area contributed by atoms with Crippen LogP contribution in [-0.2, 0) is 4.74 Å². The molecule has 0 aliphatic heterocycles. The van der Waals surface area contributed by atoms with Gasteiger partial charge in [0, 0.05) is 25.3 Å². The predicted octanol–water partition coefficient (Wildman–Crippen LogP) is 3.85. The molecule has 0 aromatic heterocycles. The van der Waals surface area contributed by atoms with Gasteiger partial charge >= 0.3 is 0 Å². The average molecular weight is 311 g/mol. The molecule has 0 aliphatic carbocycles. The van der Waals surface area contributed by atoms with E-state index in [2.05, 4.69) is 5.32 Å². The Morgan fingerprint density at radius 2 is 1.48 bits per heavy atom. The van der Waals surface area contributed by atoms with Crippen molar-refractivity contribution in [2.45, 2.75) is 32.2 Å². The van der Waals surface area contributed by atoms with Crippen molar-refractivity contribution in [2.24, 2.45) is 0 Å². The maximum Gasteiger partial charge on any atom is 0.200 e. The van der Waals surface area contributed by atoms with Crippen LogP contribution in [0.4, 0.5) is 22.0 Å². The van der Waals surface area contributed by atoms with Crippen molar-refractivity contribution < 1.29 is 26.7 Å². The van der Waals surface area contributed by atoms with Crippen LogP contribution in [0.2, 0.25) is 0 Å². The summed E-state index contributed by atoms with van der Waals surface area (Å²) in [5.41, 5.74) is -0.809. The maximum atomic E-state index is 13.8. The Morgan fingerprint density at radius 1 is 0.952 bits per heavy atom. The van der Waals surface area contributed by atoms with Crippen LogP contribution in [0.25, 0.3) is 0 Å². The highest BCUT2D eigenvalue weighted by atomic mass is 19.2. The Hall–Kier alpha value is -1.21. The first-order valence-corrected chi connectivity index (χ1v) is 6.69. The number of hydrogen-bond acceptors (Lipinski definition) is 2. The zero-order valence-corrected chi connectivity index (χ0v) is 11.9. The molecule has 1 atom stereocenters. The van der Waals surface area contributed by atoms with Crippen LogP contribution in [0.5, 0.6) is 0 Å². The topological polar surface area (TPSA) is 21.3 Å². The average Bonchev–Trinajstić information content (AvgIpc) is 2.48. The summed E-state index contributed by atoms with van der Waals surface area (Å²) in [7, 11) is 1.47. The first-order chi connectivity index (χ1) is 9.95. The summed E-state index contributed by atoms with van der Waals surface area (Å²) in [6.07, 6.45) is 1.29. The molecule has 0 aliphatic rings. The van der Waals surface area contributed by atoms with Crippen LogP contribution >= 0.6 is 0 Å². The van der Waals surface area contributed by atoms with Crippen molar-refractivity contribution in [1.29, 1.82) is 0 Å². The minimum Gasteiger partial charge on any atom is -0.385 e. The Labute approximate surface area is 120 Å². The molecule has 0 saturated heterocycles. The SMILES string of the molecule is CCCNC(CCCOC)c1c(F)c(F)c(F)c(F)c1F. The van der Waals surface area contributed by atoms with Crippen molar-refractivity contribution in [1.82, 2.24) is 5.32 Å². The molecule has 0 radical (unpaired) electrons.